The summed E-state index contributed by atoms with van der Waals surface area (Å²) in [5.41, 5.74) is -0.814. The fraction of sp³-hybridized carbons (Fsp3) is 0.579. The molecule has 146 valence electrons. The maximum atomic E-state index is 12.8. The molecule has 0 heterocycles. The topological polar surface area (TPSA) is 83.1 Å². The maximum Gasteiger partial charge on any atom is 0.331 e. The molecule has 1 atom stereocenters. The lowest BCUT2D eigenvalue weighted by atomic mass is 9.98. The van der Waals surface area contributed by atoms with E-state index in [-0.39, 0.29) is 0 Å². The molecule has 7 nitrogen and oxygen atoms in total. The van der Waals surface area contributed by atoms with Crippen LogP contribution in [0.15, 0.2) is 12.1 Å². The summed E-state index contributed by atoms with van der Waals surface area (Å²) < 4.78 is 21.7. The molecule has 0 bridgehead atoms. The Labute approximate surface area is 155 Å². The zero-order valence-electron chi connectivity index (χ0n) is 16.4. The molecule has 0 saturated heterocycles. The van der Waals surface area contributed by atoms with E-state index in [0.717, 1.165) is 0 Å². The number of nitrogens with one attached hydrogen (secondary N) is 1. The van der Waals surface area contributed by atoms with Crippen LogP contribution in [0.2, 0.25) is 0 Å². The van der Waals surface area contributed by atoms with Crippen molar-refractivity contribution in [2.75, 3.05) is 26.9 Å². The van der Waals surface area contributed by atoms with Gasteiger partial charge in [-0.25, -0.2) is 4.79 Å². The first kappa shape index (κ1) is 21.6. The Bertz CT molecular complexity index is 603. The first-order valence-electron chi connectivity index (χ1n) is 8.84. The second kappa shape index (κ2) is 9.89. The van der Waals surface area contributed by atoms with Crippen molar-refractivity contribution in [2.24, 2.45) is 0 Å². The number of hydrogen-bond donors (Lipinski definition) is 1. The van der Waals surface area contributed by atoms with Gasteiger partial charge in [0.1, 0.15) is 5.54 Å². The first-order valence-corrected chi connectivity index (χ1v) is 8.84. The summed E-state index contributed by atoms with van der Waals surface area (Å²) in [5, 5.41) is 2.73. The SMILES string of the molecule is CCOc1cc(C(=O)NC(C)(CC)C(=O)OC)cc(OCC)c1OCC. The van der Waals surface area contributed by atoms with Gasteiger partial charge in [0.2, 0.25) is 5.75 Å². The van der Waals surface area contributed by atoms with E-state index in [9.17, 15) is 9.59 Å². The molecule has 0 saturated carbocycles. The first-order chi connectivity index (χ1) is 12.4. The fourth-order valence-electron chi connectivity index (χ4n) is 2.35. The average Bonchev–Trinajstić information content (AvgIpc) is 2.63. The van der Waals surface area contributed by atoms with Gasteiger partial charge in [-0.1, -0.05) is 6.92 Å². The van der Waals surface area contributed by atoms with Crippen molar-refractivity contribution < 1.29 is 28.5 Å². The molecule has 0 aliphatic carbocycles. The van der Waals surface area contributed by atoms with Crippen LogP contribution < -0.4 is 19.5 Å². The van der Waals surface area contributed by atoms with E-state index in [1.807, 2.05) is 20.8 Å². The number of carbonyl (C=O) groups excluding carboxylic acids is 2. The third kappa shape index (κ3) is 5.03. The van der Waals surface area contributed by atoms with Gasteiger partial charge in [-0.05, 0) is 46.2 Å². The van der Waals surface area contributed by atoms with Crippen molar-refractivity contribution in [2.45, 2.75) is 46.6 Å². The molecular weight excluding hydrogens is 338 g/mol. The van der Waals surface area contributed by atoms with Crippen LogP contribution in [0.3, 0.4) is 0 Å². The van der Waals surface area contributed by atoms with Gasteiger partial charge in [0.05, 0.1) is 26.9 Å². The minimum Gasteiger partial charge on any atom is -0.490 e. The molecule has 1 N–H and O–H groups in total. The lowest BCUT2D eigenvalue weighted by molar-refractivity contribution is -0.147. The number of methoxy groups -OCH3 is 1. The molecule has 0 radical (unpaired) electrons. The third-order valence-corrected chi connectivity index (χ3v) is 3.90. The van der Waals surface area contributed by atoms with E-state index in [1.54, 1.807) is 26.0 Å². The third-order valence-electron chi connectivity index (χ3n) is 3.90. The normalized spacial score (nSPS) is 12.7. The Morgan fingerprint density at radius 1 is 0.962 bits per heavy atom. The van der Waals surface area contributed by atoms with E-state index in [1.165, 1.54) is 7.11 Å². The summed E-state index contributed by atoms with van der Waals surface area (Å²) in [6.45, 7) is 10.2. The van der Waals surface area contributed by atoms with Gasteiger partial charge in [-0.2, -0.15) is 0 Å². The average molecular weight is 367 g/mol. The molecule has 1 aromatic rings. The second-order valence-corrected chi connectivity index (χ2v) is 5.73. The van der Waals surface area contributed by atoms with Crippen molar-refractivity contribution in [3.63, 3.8) is 0 Å². The smallest absolute Gasteiger partial charge is 0.331 e. The molecule has 1 aromatic carbocycles. The van der Waals surface area contributed by atoms with Crippen LogP contribution in [-0.4, -0.2) is 44.3 Å². The van der Waals surface area contributed by atoms with Crippen molar-refractivity contribution in [3.05, 3.63) is 17.7 Å². The molecule has 1 amide bonds. The molecule has 1 rings (SSSR count). The van der Waals surface area contributed by atoms with E-state index in [4.69, 9.17) is 18.9 Å². The molecule has 0 aromatic heterocycles. The summed E-state index contributed by atoms with van der Waals surface area (Å²) in [6.07, 6.45) is 0.388. The number of amides is 1. The number of esters is 1. The van der Waals surface area contributed by atoms with E-state index in [2.05, 4.69) is 5.32 Å². The number of hydrogen-bond acceptors (Lipinski definition) is 6. The zero-order valence-corrected chi connectivity index (χ0v) is 16.4. The van der Waals surface area contributed by atoms with Crippen molar-refractivity contribution in [1.82, 2.24) is 5.32 Å². The van der Waals surface area contributed by atoms with Crippen LogP contribution in [0, 0.1) is 0 Å². The predicted octanol–water partition coefficient (Wildman–Crippen LogP) is 2.95. The van der Waals surface area contributed by atoms with Crippen LogP contribution in [0.4, 0.5) is 0 Å². The van der Waals surface area contributed by atoms with Gasteiger partial charge >= 0.3 is 5.97 Å². The van der Waals surface area contributed by atoms with Crippen LogP contribution in [0.1, 0.15) is 51.4 Å². The molecular formula is C19H29NO6. The number of carbonyl (C=O) groups is 2. The summed E-state index contributed by atoms with van der Waals surface area (Å²) in [7, 11) is 1.29. The van der Waals surface area contributed by atoms with Gasteiger partial charge in [0.15, 0.2) is 11.5 Å². The number of rotatable bonds is 10. The Kier molecular flexibility index (Phi) is 8.22. The monoisotopic (exact) mass is 367 g/mol. The lowest BCUT2D eigenvalue weighted by Crippen LogP contribution is -2.52. The quantitative estimate of drug-likeness (QED) is 0.640. The van der Waals surface area contributed by atoms with E-state index < -0.39 is 17.4 Å². The molecule has 0 fully saturated rings. The van der Waals surface area contributed by atoms with E-state index in [0.29, 0.717) is 49.1 Å². The molecule has 1 unspecified atom stereocenters. The van der Waals surface area contributed by atoms with Gasteiger partial charge in [0, 0.05) is 5.56 Å². The fourth-order valence-corrected chi connectivity index (χ4v) is 2.35. The van der Waals surface area contributed by atoms with E-state index >= 15 is 0 Å². The summed E-state index contributed by atoms with van der Waals surface area (Å²) >= 11 is 0. The second-order valence-electron chi connectivity index (χ2n) is 5.73. The van der Waals surface area contributed by atoms with Gasteiger partial charge < -0.3 is 24.3 Å². The van der Waals surface area contributed by atoms with Gasteiger partial charge in [-0.3, -0.25) is 4.79 Å². The van der Waals surface area contributed by atoms with Crippen LogP contribution in [0.5, 0.6) is 17.2 Å². The summed E-state index contributed by atoms with van der Waals surface area (Å²) in [5.74, 6) is 0.362. The highest BCUT2D eigenvalue weighted by Gasteiger charge is 2.34. The number of ether oxygens (including phenoxy) is 4. The summed E-state index contributed by atoms with van der Waals surface area (Å²) in [4.78, 5) is 24.8. The van der Waals surface area contributed by atoms with Crippen LogP contribution >= 0.6 is 0 Å². The standard InChI is InChI=1S/C19H29NO6/c1-7-19(5,18(22)23-6)20-17(21)13-11-14(24-8-2)16(26-10-4)15(12-13)25-9-3/h11-12H,7-10H2,1-6H3,(H,20,21). The van der Waals surface area contributed by atoms with Crippen molar-refractivity contribution in [3.8, 4) is 17.2 Å². The van der Waals surface area contributed by atoms with Crippen LogP contribution in [-0.2, 0) is 9.53 Å². The number of benzene rings is 1. The Hall–Kier alpha value is -2.44. The molecule has 7 heteroatoms. The predicted molar refractivity (Wildman–Crippen MR) is 98.1 cm³/mol. The Morgan fingerprint density at radius 2 is 1.46 bits per heavy atom. The van der Waals surface area contributed by atoms with Gasteiger partial charge in [0.25, 0.3) is 5.91 Å². The molecule has 26 heavy (non-hydrogen) atoms. The van der Waals surface area contributed by atoms with Crippen molar-refractivity contribution in [1.29, 1.82) is 0 Å². The molecule has 0 spiro atoms. The van der Waals surface area contributed by atoms with Gasteiger partial charge in [-0.15, -0.1) is 0 Å². The highest BCUT2D eigenvalue weighted by molar-refractivity contribution is 5.99. The zero-order chi connectivity index (χ0) is 19.7. The molecule has 0 aliphatic rings. The van der Waals surface area contributed by atoms with Crippen molar-refractivity contribution >= 4 is 11.9 Å². The Balaban J connectivity index is 3.29. The molecule has 0 aliphatic heterocycles. The Morgan fingerprint density at radius 3 is 1.85 bits per heavy atom. The lowest BCUT2D eigenvalue weighted by Gasteiger charge is -2.26. The minimum atomic E-state index is -1.12. The largest absolute Gasteiger partial charge is 0.490 e. The minimum absolute atomic E-state index is 0.309. The maximum absolute atomic E-state index is 12.8. The van der Waals surface area contributed by atoms with Crippen LogP contribution in [0.25, 0.3) is 0 Å². The summed E-state index contributed by atoms with van der Waals surface area (Å²) in [6, 6.07) is 3.17. The highest BCUT2D eigenvalue weighted by atomic mass is 16.5. The highest BCUT2D eigenvalue weighted by Crippen LogP contribution is 2.39.